The Morgan fingerprint density at radius 2 is 1.74 bits per heavy atom. The van der Waals surface area contributed by atoms with Gasteiger partial charge in [-0.2, -0.15) is 0 Å². The van der Waals surface area contributed by atoms with Crippen LogP contribution >= 0.6 is 15.9 Å². The zero-order chi connectivity index (χ0) is 19.6. The first-order valence-corrected chi connectivity index (χ1v) is 11.0. The first kappa shape index (κ1) is 20.0. The van der Waals surface area contributed by atoms with Crippen LogP contribution in [0.1, 0.15) is 13.8 Å². The van der Waals surface area contributed by atoms with Crippen LogP contribution in [0.15, 0.2) is 51.8 Å². The van der Waals surface area contributed by atoms with E-state index in [0.717, 1.165) is 29.0 Å². The van der Waals surface area contributed by atoms with Crippen molar-refractivity contribution in [1.29, 1.82) is 0 Å². The highest BCUT2D eigenvalue weighted by molar-refractivity contribution is 9.10. The molecule has 0 amide bonds. The van der Waals surface area contributed by atoms with Gasteiger partial charge in [-0.1, -0.05) is 15.9 Å². The molecule has 2 N–H and O–H groups in total. The smallest absolute Gasteiger partial charge is 0.261 e. The molecular weight excluding hydrogens is 430 g/mol. The molecule has 1 fully saturated rings. The third-order valence-electron chi connectivity index (χ3n) is 4.45. The second-order valence-electron chi connectivity index (χ2n) is 6.82. The van der Waals surface area contributed by atoms with Crippen molar-refractivity contribution in [2.75, 3.05) is 29.8 Å². The van der Waals surface area contributed by atoms with Gasteiger partial charge in [0, 0.05) is 29.6 Å². The Balaban J connectivity index is 1.89. The van der Waals surface area contributed by atoms with Gasteiger partial charge in [0.2, 0.25) is 0 Å². The average molecular weight is 454 g/mol. The normalized spacial score (nSPS) is 20.4. The van der Waals surface area contributed by atoms with Gasteiger partial charge in [0.1, 0.15) is 5.75 Å². The Morgan fingerprint density at radius 1 is 1.11 bits per heavy atom. The number of halogens is 1. The van der Waals surface area contributed by atoms with Crippen molar-refractivity contribution < 1.29 is 13.2 Å². The number of ether oxygens (including phenoxy) is 1. The summed E-state index contributed by atoms with van der Waals surface area (Å²) in [6, 6.07) is 12.6. The summed E-state index contributed by atoms with van der Waals surface area (Å²) in [5.41, 5.74) is 1.39. The molecule has 1 saturated heterocycles. The van der Waals surface area contributed by atoms with Crippen LogP contribution in [-0.2, 0) is 10.0 Å². The van der Waals surface area contributed by atoms with E-state index in [9.17, 15) is 8.42 Å². The number of sulfonamides is 1. The molecule has 0 saturated carbocycles. The number of nitrogens with one attached hydrogen (secondary N) is 2. The molecule has 2 aromatic carbocycles. The van der Waals surface area contributed by atoms with Crippen LogP contribution in [0.3, 0.4) is 0 Å². The summed E-state index contributed by atoms with van der Waals surface area (Å²) in [5.74, 6) is 0.725. The van der Waals surface area contributed by atoms with E-state index in [1.807, 2.05) is 6.07 Å². The predicted octanol–water partition coefficient (Wildman–Crippen LogP) is 3.45. The van der Waals surface area contributed by atoms with E-state index >= 15 is 0 Å². The number of hydrogen-bond acceptors (Lipinski definition) is 5. The maximum atomic E-state index is 12.7. The first-order valence-electron chi connectivity index (χ1n) is 8.76. The minimum Gasteiger partial charge on any atom is -0.495 e. The molecular formula is C19H24BrN3O3S. The Kier molecular flexibility index (Phi) is 5.98. The zero-order valence-electron chi connectivity index (χ0n) is 15.6. The molecule has 0 unspecified atom stereocenters. The average Bonchev–Trinajstić information content (AvgIpc) is 2.61. The van der Waals surface area contributed by atoms with E-state index < -0.39 is 10.0 Å². The van der Waals surface area contributed by atoms with Gasteiger partial charge in [-0.25, -0.2) is 8.42 Å². The van der Waals surface area contributed by atoms with E-state index in [4.69, 9.17) is 4.74 Å². The highest BCUT2D eigenvalue weighted by Crippen LogP contribution is 2.33. The molecule has 3 rings (SSSR count). The fourth-order valence-electron chi connectivity index (χ4n) is 3.35. The fourth-order valence-corrected chi connectivity index (χ4v) is 4.67. The Labute approximate surface area is 169 Å². The van der Waals surface area contributed by atoms with Crippen LogP contribution in [0.25, 0.3) is 0 Å². The van der Waals surface area contributed by atoms with Crippen molar-refractivity contribution in [2.45, 2.75) is 30.8 Å². The van der Waals surface area contributed by atoms with Gasteiger partial charge in [0.15, 0.2) is 0 Å². The van der Waals surface area contributed by atoms with Crippen molar-refractivity contribution >= 4 is 37.3 Å². The minimum atomic E-state index is -3.66. The van der Waals surface area contributed by atoms with Gasteiger partial charge < -0.3 is 15.0 Å². The van der Waals surface area contributed by atoms with Crippen molar-refractivity contribution in [2.24, 2.45) is 0 Å². The van der Waals surface area contributed by atoms with Gasteiger partial charge in [-0.3, -0.25) is 4.72 Å². The lowest BCUT2D eigenvalue weighted by molar-refractivity contribution is 0.391. The van der Waals surface area contributed by atoms with Crippen LogP contribution in [0.4, 0.5) is 11.4 Å². The monoisotopic (exact) mass is 453 g/mol. The molecule has 1 aliphatic heterocycles. The first-order chi connectivity index (χ1) is 12.8. The van der Waals surface area contributed by atoms with Crippen LogP contribution in [0, 0.1) is 0 Å². The highest BCUT2D eigenvalue weighted by Gasteiger charge is 2.24. The molecule has 1 heterocycles. The van der Waals surface area contributed by atoms with Crippen molar-refractivity contribution in [1.82, 2.24) is 5.32 Å². The van der Waals surface area contributed by atoms with E-state index in [1.165, 1.54) is 0 Å². The van der Waals surface area contributed by atoms with E-state index in [-0.39, 0.29) is 4.90 Å². The fraction of sp³-hybridized carbons (Fsp3) is 0.368. The Hall–Kier alpha value is -1.77. The third-order valence-corrected chi connectivity index (χ3v) is 6.38. The Morgan fingerprint density at radius 3 is 2.33 bits per heavy atom. The van der Waals surface area contributed by atoms with Crippen LogP contribution in [0.2, 0.25) is 0 Å². The molecule has 8 heteroatoms. The largest absolute Gasteiger partial charge is 0.495 e. The SMILES string of the molecule is COc1ccc(NS(=O)(=O)c2ccc(Br)cc2)cc1N1C[C@@H](C)N[C@@H](C)C1. The number of anilines is 2. The summed E-state index contributed by atoms with van der Waals surface area (Å²) < 4.78 is 34.4. The third kappa shape index (κ3) is 4.75. The quantitative estimate of drug-likeness (QED) is 0.725. The maximum Gasteiger partial charge on any atom is 0.261 e. The molecule has 2 aromatic rings. The molecule has 0 bridgehead atoms. The van der Waals surface area contributed by atoms with Crippen LogP contribution < -0.4 is 19.7 Å². The number of rotatable bonds is 5. The summed E-state index contributed by atoms with van der Waals surface area (Å²) in [4.78, 5) is 2.44. The van der Waals surface area contributed by atoms with Gasteiger partial charge in [0.05, 0.1) is 23.4 Å². The van der Waals surface area contributed by atoms with Gasteiger partial charge in [-0.15, -0.1) is 0 Å². The number of benzene rings is 2. The van der Waals surface area contributed by atoms with Crippen LogP contribution in [-0.4, -0.2) is 40.7 Å². The van der Waals surface area contributed by atoms with Crippen molar-refractivity contribution in [3.63, 3.8) is 0 Å². The molecule has 27 heavy (non-hydrogen) atoms. The standard InChI is InChI=1S/C19H24BrN3O3S/c1-13-11-23(12-14(2)21-13)18-10-16(6-9-19(18)26-3)22-27(24,25)17-7-4-15(20)5-8-17/h4-10,13-14,21-22H,11-12H2,1-3H3/t13-,14+. The second kappa shape index (κ2) is 8.08. The van der Waals surface area contributed by atoms with E-state index in [0.29, 0.717) is 17.8 Å². The van der Waals surface area contributed by atoms with Crippen LogP contribution in [0.5, 0.6) is 5.75 Å². The number of hydrogen-bond donors (Lipinski definition) is 2. The summed E-state index contributed by atoms with van der Waals surface area (Å²) in [5, 5.41) is 3.50. The molecule has 0 aromatic heterocycles. The summed E-state index contributed by atoms with van der Waals surface area (Å²) >= 11 is 3.32. The summed E-state index contributed by atoms with van der Waals surface area (Å²) in [6.45, 7) is 5.91. The molecule has 0 radical (unpaired) electrons. The number of nitrogens with zero attached hydrogens (tertiary/aromatic N) is 1. The molecule has 0 aliphatic carbocycles. The lowest BCUT2D eigenvalue weighted by Crippen LogP contribution is -2.54. The molecule has 1 aliphatic rings. The van der Waals surface area contributed by atoms with Crippen molar-refractivity contribution in [3.05, 3.63) is 46.9 Å². The maximum absolute atomic E-state index is 12.7. The molecule has 0 spiro atoms. The summed E-state index contributed by atoms with van der Waals surface area (Å²) in [6.07, 6.45) is 0. The van der Waals surface area contributed by atoms with Gasteiger partial charge in [0.25, 0.3) is 10.0 Å². The molecule has 146 valence electrons. The van der Waals surface area contributed by atoms with Gasteiger partial charge >= 0.3 is 0 Å². The number of methoxy groups -OCH3 is 1. The lowest BCUT2D eigenvalue weighted by Gasteiger charge is -2.38. The van der Waals surface area contributed by atoms with E-state index in [1.54, 1.807) is 43.5 Å². The summed E-state index contributed by atoms with van der Waals surface area (Å²) in [7, 11) is -2.04. The van der Waals surface area contributed by atoms with Gasteiger partial charge in [-0.05, 0) is 56.3 Å². The topological polar surface area (TPSA) is 70.7 Å². The Bertz CT molecular complexity index is 893. The zero-order valence-corrected chi connectivity index (χ0v) is 18.0. The lowest BCUT2D eigenvalue weighted by atomic mass is 10.1. The van der Waals surface area contributed by atoms with E-state index in [2.05, 4.69) is 44.7 Å². The minimum absolute atomic E-state index is 0.215. The second-order valence-corrected chi connectivity index (χ2v) is 9.42. The molecule has 6 nitrogen and oxygen atoms in total. The highest BCUT2D eigenvalue weighted by atomic mass is 79.9. The molecule has 2 atom stereocenters. The predicted molar refractivity (Wildman–Crippen MR) is 112 cm³/mol. The number of piperazine rings is 1. The van der Waals surface area contributed by atoms with Crippen molar-refractivity contribution in [3.8, 4) is 5.75 Å².